The highest BCUT2D eigenvalue weighted by Gasteiger charge is 2.27. The van der Waals surface area contributed by atoms with Crippen molar-refractivity contribution in [3.05, 3.63) is 15.0 Å². The average Bonchev–Trinajstić information content (AvgIpc) is 2.46. The maximum atomic E-state index is 12.4. The zero-order chi connectivity index (χ0) is 10.7. The van der Waals surface area contributed by atoms with E-state index in [0.29, 0.717) is 3.92 Å². The van der Waals surface area contributed by atoms with Gasteiger partial charge in [0.05, 0.1) is 18.0 Å². The molecule has 1 rings (SSSR count). The van der Waals surface area contributed by atoms with Crippen molar-refractivity contribution < 1.29 is 18.7 Å². The number of aliphatic carboxylic acids is 1. The molecule has 0 saturated heterocycles. The molecule has 1 atom stereocenters. The van der Waals surface area contributed by atoms with E-state index in [1.54, 1.807) is 0 Å². The molecular formula is C7H6BrF2NO2S. The molecule has 3 nitrogen and oxygen atoms in total. The Morgan fingerprint density at radius 1 is 1.71 bits per heavy atom. The minimum Gasteiger partial charge on any atom is -0.481 e. The summed E-state index contributed by atoms with van der Waals surface area (Å²) >= 11 is 4.19. The van der Waals surface area contributed by atoms with Gasteiger partial charge in [0, 0.05) is 5.38 Å². The molecule has 0 radical (unpaired) electrons. The van der Waals surface area contributed by atoms with Gasteiger partial charge in [0.2, 0.25) is 6.43 Å². The normalized spacial score (nSPS) is 13.1. The van der Waals surface area contributed by atoms with Crippen LogP contribution in [0.25, 0.3) is 0 Å². The number of hydrogen-bond donors (Lipinski definition) is 1. The number of carboxylic acid groups (broad SMARTS) is 1. The fourth-order valence-corrected chi connectivity index (χ4v) is 2.03. The Balaban J connectivity index is 2.82. The number of halogens is 3. The first-order valence-corrected chi connectivity index (χ1v) is 5.29. The fraction of sp³-hybridized carbons (Fsp3) is 0.429. The summed E-state index contributed by atoms with van der Waals surface area (Å²) in [6, 6.07) is 0. The van der Waals surface area contributed by atoms with Crippen molar-refractivity contribution in [3.8, 4) is 0 Å². The Morgan fingerprint density at radius 2 is 2.36 bits per heavy atom. The number of nitrogens with zero attached hydrogens (tertiary/aromatic N) is 1. The first-order chi connectivity index (χ1) is 6.50. The third kappa shape index (κ3) is 2.98. The van der Waals surface area contributed by atoms with Crippen LogP contribution in [0, 0.1) is 0 Å². The Hall–Kier alpha value is -0.560. The van der Waals surface area contributed by atoms with Crippen molar-refractivity contribution in [3.63, 3.8) is 0 Å². The van der Waals surface area contributed by atoms with Crippen LogP contribution >= 0.6 is 27.3 Å². The topological polar surface area (TPSA) is 50.2 Å². The average molecular weight is 286 g/mol. The molecule has 1 heterocycles. The molecule has 0 amide bonds. The number of rotatable bonds is 4. The van der Waals surface area contributed by atoms with Gasteiger partial charge in [0.1, 0.15) is 0 Å². The molecule has 14 heavy (non-hydrogen) atoms. The quantitative estimate of drug-likeness (QED) is 0.925. The van der Waals surface area contributed by atoms with Crippen LogP contribution in [0.5, 0.6) is 0 Å². The Kier molecular flexibility index (Phi) is 3.94. The molecule has 7 heteroatoms. The highest BCUT2D eigenvalue weighted by molar-refractivity contribution is 9.11. The van der Waals surface area contributed by atoms with E-state index in [1.807, 2.05) is 0 Å². The van der Waals surface area contributed by atoms with E-state index >= 15 is 0 Å². The van der Waals surface area contributed by atoms with Crippen LogP contribution in [0.3, 0.4) is 0 Å². The van der Waals surface area contributed by atoms with E-state index in [9.17, 15) is 13.6 Å². The molecule has 1 aromatic heterocycles. The van der Waals surface area contributed by atoms with Crippen LogP contribution in [-0.2, 0) is 4.79 Å². The van der Waals surface area contributed by atoms with E-state index in [0.717, 1.165) is 11.3 Å². The van der Waals surface area contributed by atoms with E-state index < -0.39 is 24.7 Å². The van der Waals surface area contributed by atoms with Gasteiger partial charge in [0.25, 0.3) is 0 Å². The summed E-state index contributed by atoms with van der Waals surface area (Å²) in [6.07, 6.45) is -3.31. The van der Waals surface area contributed by atoms with Crippen molar-refractivity contribution in [2.75, 3.05) is 0 Å². The molecule has 0 spiro atoms. The first-order valence-electron chi connectivity index (χ1n) is 3.61. The summed E-state index contributed by atoms with van der Waals surface area (Å²) in [5, 5.41) is 9.87. The largest absolute Gasteiger partial charge is 0.481 e. The zero-order valence-electron chi connectivity index (χ0n) is 6.78. The van der Waals surface area contributed by atoms with Gasteiger partial charge in [-0.2, -0.15) is 0 Å². The summed E-state index contributed by atoms with van der Waals surface area (Å²) in [5.74, 6) is -2.57. The SMILES string of the molecule is O=C(O)CC(c1csc(Br)n1)C(F)F. The molecule has 0 aliphatic heterocycles. The Morgan fingerprint density at radius 3 is 2.71 bits per heavy atom. The van der Waals surface area contributed by atoms with Crippen molar-refractivity contribution in [2.24, 2.45) is 0 Å². The van der Waals surface area contributed by atoms with Crippen LogP contribution in [0.2, 0.25) is 0 Å². The van der Waals surface area contributed by atoms with Crippen molar-refractivity contribution in [2.45, 2.75) is 18.8 Å². The summed E-state index contributed by atoms with van der Waals surface area (Å²) in [5.41, 5.74) is 0.124. The van der Waals surface area contributed by atoms with Gasteiger partial charge < -0.3 is 5.11 Å². The summed E-state index contributed by atoms with van der Waals surface area (Å²) in [4.78, 5) is 14.1. The van der Waals surface area contributed by atoms with Gasteiger partial charge in [-0.25, -0.2) is 13.8 Å². The van der Waals surface area contributed by atoms with Crippen LogP contribution in [0.1, 0.15) is 18.0 Å². The van der Waals surface area contributed by atoms with E-state index in [2.05, 4.69) is 20.9 Å². The molecule has 0 aliphatic rings. The molecule has 0 saturated carbocycles. The minimum atomic E-state index is -2.71. The predicted octanol–water partition coefficient (Wildman–Crippen LogP) is 2.73. The molecule has 0 aliphatic carbocycles. The van der Waals surface area contributed by atoms with Gasteiger partial charge in [0.15, 0.2) is 3.92 Å². The Bertz CT molecular complexity index is 331. The lowest BCUT2D eigenvalue weighted by Gasteiger charge is -2.10. The maximum absolute atomic E-state index is 12.4. The van der Waals surface area contributed by atoms with Crippen molar-refractivity contribution in [1.29, 1.82) is 0 Å². The van der Waals surface area contributed by atoms with Gasteiger partial charge in [-0.1, -0.05) is 0 Å². The number of carboxylic acids is 1. The van der Waals surface area contributed by atoms with Crippen molar-refractivity contribution in [1.82, 2.24) is 4.98 Å². The fourth-order valence-electron chi connectivity index (χ4n) is 0.944. The smallest absolute Gasteiger partial charge is 0.304 e. The summed E-state index contributed by atoms with van der Waals surface area (Å²) < 4.78 is 25.4. The standard InChI is InChI=1S/C7H6BrF2NO2S/c8-7-11-4(2-14-7)3(6(9)10)1-5(12)13/h2-3,6H,1H2,(H,12,13). The predicted molar refractivity (Wildman–Crippen MR) is 50.8 cm³/mol. The maximum Gasteiger partial charge on any atom is 0.304 e. The van der Waals surface area contributed by atoms with E-state index in [-0.39, 0.29) is 5.69 Å². The minimum absolute atomic E-state index is 0.124. The highest BCUT2D eigenvalue weighted by Crippen LogP contribution is 2.29. The summed E-state index contributed by atoms with van der Waals surface area (Å²) in [7, 11) is 0. The second-order valence-corrected chi connectivity index (χ2v) is 4.70. The van der Waals surface area contributed by atoms with Gasteiger partial charge in [-0.15, -0.1) is 11.3 Å². The Labute approximate surface area is 90.9 Å². The number of aromatic nitrogens is 1. The lowest BCUT2D eigenvalue weighted by atomic mass is 10.0. The monoisotopic (exact) mass is 285 g/mol. The van der Waals surface area contributed by atoms with Crippen LogP contribution in [0.15, 0.2) is 9.30 Å². The second-order valence-electron chi connectivity index (χ2n) is 2.56. The molecule has 0 aromatic carbocycles. The third-order valence-electron chi connectivity index (χ3n) is 1.57. The lowest BCUT2D eigenvalue weighted by Crippen LogP contribution is -2.14. The molecule has 0 bridgehead atoms. The third-order valence-corrected chi connectivity index (χ3v) is 2.96. The van der Waals surface area contributed by atoms with E-state index in [4.69, 9.17) is 5.11 Å². The van der Waals surface area contributed by atoms with E-state index in [1.165, 1.54) is 5.38 Å². The molecule has 0 fully saturated rings. The van der Waals surface area contributed by atoms with Gasteiger partial charge in [-0.3, -0.25) is 4.79 Å². The number of thiazole rings is 1. The lowest BCUT2D eigenvalue weighted by molar-refractivity contribution is -0.138. The van der Waals surface area contributed by atoms with Crippen LogP contribution < -0.4 is 0 Å². The van der Waals surface area contributed by atoms with Crippen LogP contribution in [-0.4, -0.2) is 22.5 Å². The zero-order valence-corrected chi connectivity index (χ0v) is 9.19. The number of hydrogen-bond acceptors (Lipinski definition) is 3. The number of carbonyl (C=O) groups is 1. The molecule has 78 valence electrons. The van der Waals surface area contributed by atoms with Gasteiger partial charge >= 0.3 is 5.97 Å². The molecular weight excluding hydrogens is 280 g/mol. The molecule has 1 unspecified atom stereocenters. The second kappa shape index (κ2) is 4.79. The summed E-state index contributed by atoms with van der Waals surface area (Å²) in [6.45, 7) is 0. The van der Waals surface area contributed by atoms with Crippen molar-refractivity contribution >= 4 is 33.2 Å². The number of alkyl halides is 2. The van der Waals surface area contributed by atoms with Gasteiger partial charge in [-0.05, 0) is 15.9 Å². The highest BCUT2D eigenvalue weighted by atomic mass is 79.9. The molecule has 1 N–H and O–H groups in total. The first kappa shape index (κ1) is 11.5. The van der Waals surface area contributed by atoms with Crippen LogP contribution in [0.4, 0.5) is 8.78 Å². The molecule has 1 aromatic rings.